The van der Waals surface area contributed by atoms with Gasteiger partial charge in [-0.1, -0.05) is 6.92 Å². The van der Waals surface area contributed by atoms with Gasteiger partial charge in [0.25, 0.3) is 0 Å². The second kappa shape index (κ2) is 3.48. The zero-order valence-corrected chi connectivity index (χ0v) is 7.72. The molecule has 0 radical (unpaired) electrons. The van der Waals surface area contributed by atoms with Crippen molar-refractivity contribution in [3.05, 3.63) is 23.3 Å². The minimum atomic E-state index is 0.273. The molecule has 1 rings (SSSR count). The predicted molar refractivity (Wildman–Crippen MR) is 48.8 cm³/mol. The van der Waals surface area contributed by atoms with Crippen molar-refractivity contribution >= 4 is 0 Å². The first-order valence-corrected chi connectivity index (χ1v) is 4.05. The Morgan fingerprint density at radius 1 is 1.42 bits per heavy atom. The molecule has 0 unspecified atom stereocenters. The molecule has 0 saturated heterocycles. The van der Waals surface area contributed by atoms with Crippen LogP contribution in [0, 0.1) is 6.92 Å². The first-order valence-electron chi connectivity index (χ1n) is 4.05. The average molecular weight is 166 g/mol. The van der Waals surface area contributed by atoms with E-state index in [2.05, 4.69) is 6.92 Å². The van der Waals surface area contributed by atoms with E-state index in [1.807, 2.05) is 6.92 Å². The fourth-order valence-corrected chi connectivity index (χ4v) is 1.31. The Morgan fingerprint density at radius 2 is 2.08 bits per heavy atom. The maximum Gasteiger partial charge on any atom is 0.125 e. The summed E-state index contributed by atoms with van der Waals surface area (Å²) in [5, 5.41) is 9.30. The van der Waals surface area contributed by atoms with E-state index >= 15 is 0 Å². The highest BCUT2D eigenvalue weighted by atomic mass is 16.5. The second-order valence-corrected chi connectivity index (χ2v) is 2.79. The van der Waals surface area contributed by atoms with E-state index in [-0.39, 0.29) is 5.75 Å². The number of methoxy groups -OCH3 is 1. The van der Waals surface area contributed by atoms with Crippen molar-refractivity contribution in [1.82, 2.24) is 0 Å². The number of aromatic hydroxyl groups is 1. The summed E-state index contributed by atoms with van der Waals surface area (Å²) >= 11 is 0. The van der Waals surface area contributed by atoms with E-state index in [9.17, 15) is 5.11 Å². The molecule has 2 nitrogen and oxygen atoms in total. The molecular weight excluding hydrogens is 152 g/mol. The van der Waals surface area contributed by atoms with Gasteiger partial charge in [0.05, 0.1) is 7.11 Å². The van der Waals surface area contributed by atoms with Crippen LogP contribution in [0.5, 0.6) is 11.5 Å². The second-order valence-electron chi connectivity index (χ2n) is 2.79. The van der Waals surface area contributed by atoms with Crippen LogP contribution in [0.15, 0.2) is 12.1 Å². The lowest BCUT2D eigenvalue weighted by Gasteiger charge is -2.09. The van der Waals surface area contributed by atoms with Gasteiger partial charge in [-0.15, -0.1) is 0 Å². The summed E-state index contributed by atoms with van der Waals surface area (Å²) < 4.78 is 5.11. The number of aryl methyl sites for hydroxylation is 1. The molecule has 12 heavy (non-hydrogen) atoms. The molecule has 1 aromatic carbocycles. The van der Waals surface area contributed by atoms with Gasteiger partial charge >= 0.3 is 0 Å². The van der Waals surface area contributed by atoms with Gasteiger partial charge in [-0.05, 0) is 30.5 Å². The van der Waals surface area contributed by atoms with Crippen LogP contribution >= 0.6 is 0 Å². The lowest BCUT2D eigenvalue weighted by Crippen LogP contribution is -1.92. The predicted octanol–water partition coefficient (Wildman–Crippen LogP) is 2.27. The van der Waals surface area contributed by atoms with E-state index in [1.54, 1.807) is 19.2 Å². The molecule has 0 atom stereocenters. The van der Waals surface area contributed by atoms with E-state index < -0.39 is 0 Å². The lowest BCUT2D eigenvalue weighted by atomic mass is 10.1. The lowest BCUT2D eigenvalue weighted by molar-refractivity contribution is 0.403. The molecule has 0 saturated carbocycles. The van der Waals surface area contributed by atoms with Gasteiger partial charge in [0, 0.05) is 6.07 Å². The standard InChI is InChI=1S/C10H14O2/c1-4-8-5-9(11)6-10(12-3)7(8)2/h5-6,11H,4H2,1-3H3. The number of hydrogen-bond acceptors (Lipinski definition) is 2. The number of phenolic OH excluding ortho intramolecular Hbond substituents is 1. The Morgan fingerprint density at radius 3 is 2.58 bits per heavy atom. The van der Waals surface area contributed by atoms with Gasteiger partial charge in [0.2, 0.25) is 0 Å². The van der Waals surface area contributed by atoms with Crippen LogP contribution in [-0.4, -0.2) is 12.2 Å². The SMILES string of the molecule is CCc1cc(O)cc(OC)c1C. The van der Waals surface area contributed by atoms with E-state index in [0.29, 0.717) is 0 Å². The van der Waals surface area contributed by atoms with Crippen LogP contribution in [0.4, 0.5) is 0 Å². The van der Waals surface area contributed by atoms with Gasteiger partial charge < -0.3 is 9.84 Å². The van der Waals surface area contributed by atoms with Crippen molar-refractivity contribution in [2.45, 2.75) is 20.3 Å². The molecule has 1 N–H and O–H groups in total. The summed E-state index contributed by atoms with van der Waals surface area (Å²) in [6.07, 6.45) is 0.913. The zero-order chi connectivity index (χ0) is 9.14. The molecule has 0 aliphatic carbocycles. The summed E-state index contributed by atoms with van der Waals surface area (Å²) in [4.78, 5) is 0. The van der Waals surface area contributed by atoms with Crippen LogP contribution in [0.1, 0.15) is 18.1 Å². The van der Waals surface area contributed by atoms with Crippen molar-refractivity contribution < 1.29 is 9.84 Å². The van der Waals surface area contributed by atoms with Crippen molar-refractivity contribution in [3.8, 4) is 11.5 Å². The molecule has 0 aliphatic heterocycles. The van der Waals surface area contributed by atoms with Gasteiger partial charge in [-0.25, -0.2) is 0 Å². The molecule has 0 fully saturated rings. The fourth-order valence-electron chi connectivity index (χ4n) is 1.31. The Labute approximate surface area is 72.8 Å². The molecule has 0 bridgehead atoms. The Balaban J connectivity index is 3.22. The number of hydrogen-bond donors (Lipinski definition) is 1. The number of ether oxygens (including phenoxy) is 1. The molecule has 2 heteroatoms. The molecular formula is C10H14O2. The molecule has 1 aromatic rings. The quantitative estimate of drug-likeness (QED) is 0.730. The maximum atomic E-state index is 9.30. The summed E-state index contributed by atoms with van der Waals surface area (Å²) in [6, 6.07) is 3.41. The summed E-state index contributed by atoms with van der Waals surface area (Å²) in [7, 11) is 1.61. The highest BCUT2D eigenvalue weighted by Crippen LogP contribution is 2.27. The minimum absolute atomic E-state index is 0.273. The van der Waals surface area contributed by atoms with E-state index in [4.69, 9.17) is 4.74 Å². The molecule has 0 aromatic heterocycles. The van der Waals surface area contributed by atoms with Crippen LogP contribution in [0.3, 0.4) is 0 Å². The van der Waals surface area contributed by atoms with Crippen molar-refractivity contribution in [2.75, 3.05) is 7.11 Å². The third-order valence-corrected chi connectivity index (χ3v) is 2.05. The van der Waals surface area contributed by atoms with Crippen molar-refractivity contribution in [1.29, 1.82) is 0 Å². The average Bonchev–Trinajstić information content (AvgIpc) is 2.08. The summed E-state index contributed by atoms with van der Waals surface area (Å²) in [5.74, 6) is 1.03. The molecule has 0 amide bonds. The van der Waals surface area contributed by atoms with Crippen molar-refractivity contribution in [3.63, 3.8) is 0 Å². The van der Waals surface area contributed by atoms with Crippen LogP contribution < -0.4 is 4.74 Å². The van der Waals surface area contributed by atoms with Gasteiger partial charge in [0.1, 0.15) is 11.5 Å². The normalized spacial score (nSPS) is 9.92. The molecule has 66 valence electrons. The maximum absolute atomic E-state index is 9.30. The topological polar surface area (TPSA) is 29.5 Å². The van der Waals surface area contributed by atoms with Crippen LogP contribution in [0.2, 0.25) is 0 Å². The van der Waals surface area contributed by atoms with Crippen molar-refractivity contribution in [2.24, 2.45) is 0 Å². The van der Waals surface area contributed by atoms with E-state index in [1.165, 1.54) is 0 Å². The largest absolute Gasteiger partial charge is 0.508 e. The van der Waals surface area contributed by atoms with E-state index in [0.717, 1.165) is 23.3 Å². The smallest absolute Gasteiger partial charge is 0.125 e. The molecule has 0 aliphatic rings. The highest BCUT2D eigenvalue weighted by molar-refractivity contribution is 5.45. The third kappa shape index (κ3) is 1.52. The minimum Gasteiger partial charge on any atom is -0.508 e. The Kier molecular flexibility index (Phi) is 2.58. The number of benzene rings is 1. The number of rotatable bonds is 2. The summed E-state index contributed by atoms with van der Waals surface area (Å²) in [5.41, 5.74) is 2.24. The highest BCUT2D eigenvalue weighted by Gasteiger charge is 2.04. The van der Waals surface area contributed by atoms with Gasteiger partial charge in [-0.2, -0.15) is 0 Å². The first-order chi connectivity index (χ1) is 5.69. The monoisotopic (exact) mass is 166 g/mol. The molecule has 0 heterocycles. The Bertz CT molecular complexity index is 254. The number of phenols is 1. The van der Waals surface area contributed by atoms with Crippen LogP contribution in [0.25, 0.3) is 0 Å². The summed E-state index contributed by atoms with van der Waals surface area (Å²) in [6.45, 7) is 4.05. The molecule has 0 spiro atoms. The zero-order valence-electron chi connectivity index (χ0n) is 7.72. The van der Waals surface area contributed by atoms with Gasteiger partial charge in [0.15, 0.2) is 0 Å². The third-order valence-electron chi connectivity index (χ3n) is 2.05. The van der Waals surface area contributed by atoms with Crippen LogP contribution in [-0.2, 0) is 6.42 Å². The fraction of sp³-hybridized carbons (Fsp3) is 0.400. The van der Waals surface area contributed by atoms with Gasteiger partial charge in [-0.3, -0.25) is 0 Å². The first kappa shape index (κ1) is 8.91. The Hall–Kier alpha value is -1.18.